The highest BCUT2D eigenvalue weighted by Gasteiger charge is 2.21. The average molecular weight is 391 g/mol. The molecule has 2 aromatic carbocycles. The van der Waals surface area contributed by atoms with Crippen LogP contribution in [0.2, 0.25) is 0 Å². The fraction of sp³-hybridized carbons (Fsp3) is 0.263. The molecular formula is C19H21NO6S. The van der Waals surface area contributed by atoms with Gasteiger partial charge in [0, 0.05) is 12.1 Å². The third kappa shape index (κ3) is 5.15. The fourth-order valence-electron chi connectivity index (χ4n) is 2.32. The Labute approximate surface area is 158 Å². The predicted molar refractivity (Wildman–Crippen MR) is 99.5 cm³/mol. The van der Waals surface area contributed by atoms with Gasteiger partial charge in [0.1, 0.15) is 5.75 Å². The number of carbonyl (C=O) groups is 2. The molecule has 27 heavy (non-hydrogen) atoms. The Kier molecular flexibility index (Phi) is 6.70. The highest BCUT2D eigenvalue weighted by Crippen LogP contribution is 2.16. The van der Waals surface area contributed by atoms with Gasteiger partial charge in [-0.05, 0) is 55.5 Å². The summed E-state index contributed by atoms with van der Waals surface area (Å²) in [6.45, 7) is 3.41. The quantitative estimate of drug-likeness (QED) is 0.548. The molecule has 0 spiro atoms. The van der Waals surface area contributed by atoms with Gasteiger partial charge in [0.15, 0.2) is 6.10 Å². The lowest BCUT2D eigenvalue weighted by Gasteiger charge is -2.13. The topological polar surface area (TPSA) is 98.8 Å². The molecule has 144 valence electrons. The molecule has 1 N–H and O–H groups in total. The summed E-state index contributed by atoms with van der Waals surface area (Å²) in [5.74, 6) is -0.446. The van der Waals surface area contributed by atoms with Gasteiger partial charge in [-0.15, -0.1) is 0 Å². The first-order valence-electron chi connectivity index (χ1n) is 8.27. The third-order valence-corrected chi connectivity index (χ3v) is 5.32. The van der Waals surface area contributed by atoms with E-state index in [0.717, 1.165) is 0 Å². The molecule has 7 nitrogen and oxygen atoms in total. The predicted octanol–water partition coefficient (Wildman–Crippen LogP) is 2.42. The number of benzene rings is 2. The van der Waals surface area contributed by atoms with E-state index in [0.29, 0.717) is 11.3 Å². The number of Topliss-reactive ketones (excluding diaryl/α,β-unsaturated/α-hetero) is 1. The van der Waals surface area contributed by atoms with Crippen molar-refractivity contribution in [2.75, 3.05) is 13.7 Å². The van der Waals surface area contributed by atoms with E-state index < -0.39 is 22.1 Å². The molecule has 8 heteroatoms. The minimum Gasteiger partial charge on any atom is -0.497 e. The number of hydrogen-bond donors (Lipinski definition) is 1. The molecule has 0 aliphatic rings. The summed E-state index contributed by atoms with van der Waals surface area (Å²) in [5, 5.41) is 0. The zero-order valence-electron chi connectivity index (χ0n) is 15.3. The summed E-state index contributed by atoms with van der Waals surface area (Å²) < 4.78 is 36.4. The zero-order chi connectivity index (χ0) is 20.0. The van der Waals surface area contributed by atoms with Crippen molar-refractivity contribution in [3.8, 4) is 5.75 Å². The first-order chi connectivity index (χ1) is 12.8. The lowest BCUT2D eigenvalue weighted by atomic mass is 10.1. The molecule has 0 bridgehead atoms. The highest BCUT2D eigenvalue weighted by atomic mass is 32.2. The number of methoxy groups -OCH3 is 1. The number of hydrogen-bond acceptors (Lipinski definition) is 6. The zero-order valence-corrected chi connectivity index (χ0v) is 16.1. The van der Waals surface area contributed by atoms with Crippen LogP contribution in [0.15, 0.2) is 53.4 Å². The summed E-state index contributed by atoms with van der Waals surface area (Å²) in [4.78, 5) is 24.6. The molecule has 1 unspecified atom stereocenters. The SMILES string of the molecule is CCNS(=O)(=O)c1ccc(C(=O)OC(C)C(=O)c2ccc(OC)cc2)cc1. The Hall–Kier alpha value is -2.71. The standard InChI is InChI=1S/C19H21NO6S/c1-4-20-27(23,24)17-11-7-15(8-12-17)19(22)26-13(2)18(21)14-5-9-16(25-3)10-6-14/h5-13,20H,4H2,1-3H3. The minimum absolute atomic E-state index is 0.0447. The van der Waals surface area contributed by atoms with Crippen molar-refractivity contribution in [2.45, 2.75) is 24.8 Å². The van der Waals surface area contributed by atoms with E-state index >= 15 is 0 Å². The molecule has 2 aromatic rings. The van der Waals surface area contributed by atoms with Gasteiger partial charge in [-0.1, -0.05) is 6.92 Å². The van der Waals surface area contributed by atoms with E-state index in [1.165, 1.54) is 38.3 Å². The van der Waals surface area contributed by atoms with Gasteiger partial charge < -0.3 is 9.47 Å². The molecule has 0 heterocycles. The molecule has 0 aliphatic carbocycles. The molecule has 2 rings (SSSR count). The molecule has 0 saturated carbocycles. The molecule has 0 radical (unpaired) electrons. The van der Waals surface area contributed by atoms with Crippen molar-refractivity contribution in [3.63, 3.8) is 0 Å². The van der Waals surface area contributed by atoms with Crippen molar-refractivity contribution in [1.82, 2.24) is 4.72 Å². The van der Waals surface area contributed by atoms with Crippen LogP contribution < -0.4 is 9.46 Å². The number of carbonyl (C=O) groups excluding carboxylic acids is 2. The summed E-state index contributed by atoms with van der Waals surface area (Å²) >= 11 is 0. The van der Waals surface area contributed by atoms with Crippen LogP contribution in [0, 0.1) is 0 Å². The second kappa shape index (κ2) is 8.79. The van der Waals surface area contributed by atoms with E-state index in [-0.39, 0.29) is 22.8 Å². The first kappa shape index (κ1) is 20.6. The van der Waals surface area contributed by atoms with Crippen LogP contribution in [-0.4, -0.2) is 39.9 Å². The van der Waals surface area contributed by atoms with Crippen LogP contribution in [0.4, 0.5) is 0 Å². The van der Waals surface area contributed by atoms with E-state index in [2.05, 4.69) is 4.72 Å². The van der Waals surface area contributed by atoms with Gasteiger partial charge in [-0.25, -0.2) is 17.9 Å². The van der Waals surface area contributed by atoms with Gasteiger partial charge in [-0.2, -0.15) is 0 Å². The van der Waals surface area contributed by atoms with E-state index in [4.69, 9.17) is 9.47 Å². The summed E-state index contributed by atoms with van der Waals surface area (Å²) in [6, 6.07) is 11.8. The second-order valence-electron chi connectivity index (χ2n) is 5.67. The maximum atomic E-state index is 12.4. The molecule has 0 saturated heterocycles. The van der Waals surface area contributed by atoms with E-state index in [1.54, 1.807) is 31.2 Å². The third-order valence-electron chi connectivity index (χ3n) is 3.76. The molecular weight excluding hydrogens is 370 g/mol. The maximum absolute atomic E-state index is 12.4. The van der Waals surface area contributed by atoms with Gasteiger partial charge in [0.25, 0.3) is 0 Å². The maximum Gasteiger partial charge on any atom is 0.338 e. The Morgan fingerprint density at radius 1 is 1.00 bits per heavy atom. The van der Waals surface area contributed by atoms with Crippen molar-refractivity contribution >= 4 is 21.8 Å². The molecule has 0 aromatic heterocycles. The van der Waals surface area contributed by atoms with Crippen LogP contribution >= 0.6 is 0 Å². The normalized spacial score (nSPS) is 12.3. The number of ether oxygens (including phenoxy) is 2. The van der Waals surface area contributed by atoms with Crippen molar-refractivity contribution in [3.05, 3.63) is 59.7 Å². The monoisotopic (exact) mass is 391 g/mol. The number of rotatable bonds is 8. The number of nitrogens with one attached hydrogen (secondary N) is 1. The van der Waals surface area contributed by atoms with Crippen LogP contribution in [0.3, 0.4) is 0 Å². The average Bonchev–Trinajstić information content (AvgIpc) is 2.67. The van der Waals surface area contributed by atoms with Crippen LogP contribution in [0.1, 0.15) is 34.6 Å². The van der Waals surface area contributed by atoms with Crippen LogP contribution in [-0.2, 0) is 14.8 Å². The number of ketones is 1. The van der Waals surface area contributed by atoms with Gasteiger partial charge in [0.2, 0.25) is 15.8 Å². The molecule has 0 fully saturated rings. The highest BCUT2D eigenvalue weighted by molar-refractivity contribution is 7.89. The first-order valence-corrected chi connectivity index (χ1v) is 9.75. The lowest BCUT2D eigenvalue weighted by Crippen LogP contribution is -2.25. The van der Waals surface area contributed by atoms with Gasteiger partial charge >= 0.3 is 5.97 Å². The van der Waals surface area contributed by atoms with E-state index in [9.17, 15) is 18.0 Å². The number of esters is 1. The minimum atomic E-state index is -3.60. The van der Waals surface area contributed by atoms with Crippen molar-refractivity contribution in [1.29, 1.82) is 0 Å². The second-order valence-corrected chi connectivity index (χ2v) is 7.43. The molecule has 0 amide bonds. The number of sulfonamides is 1. The Balaban J connectivity index is 2.06. The molecule has 0 aliphatic heterocycles. The van der Waals surface area contributed by atoms with Gasteiger partial charge in [-0.3, -0.25) is 4.79 Å². The van der Waals surface area contributed by atoms with Crippen molar-refractivity contribution < 1.29 is 27.5 Å². The van der Waals surface area contributed by atoms with Crippen molar-refractivity contribution in [2.24, 2.45) is 0 Å². The molecule has 1 atom stereocenters. The lowest BCUT2D eigenvalue weighted by molar-refractivity contribution is 0.0318. The van der Waals surface area contributed by atoms with Gasteiger partial charge in [0.05, 0.1) is 17.6 Å². The van der Waals surface area contributed by atoms with Crippen LogP contribution in [0.5, 0.6) is 5.75 Å². The van der Waals surface area contributed by atoms with E-state index in [1.807, 2.05) is 0 Å². The Bertz CT molecular complexity index is 904. The fourth-order valence-corrected chi connectivity index (χ4v) is 3.36. The summed E-state index contributed by atoms with van der Waals surface area (Å²) in [6.07, 6.45) is -0.990. The summed E-state index contributed by atoms with van der Waals surface area (Å²) in [7, 11) is -2.07. The van der Waals surface area contributed by atoms with Crippen LogP contribution in [0.25, 0.3) is 0 Å². The smallest absolute Gasteiger partial charge is 0.338 e. The Morgan fingerprint density at radius 2 is 1.56 bits per heavy atom. The largest absolute Gasteiger partial charge is 0.497 e. The summed E-state index contributed by atoms with van der Waals surface area (Å²) in [5.41, 5.74) is 0.544. The Morgan fingerprint density at radius 3 is 2.07 bits per heavy atom.